The quantitative estimate of drug-likeness (QED) is 0.757. The molecule has 1 aromatic heterocycles. The maximum Gasteiger partial charge on any atom is 0.329 e. The van der Waals surface area contributed by atoms with Crippen LogP contribution < -0.4 is 11.2 Å². The Morgan fingerprint density at radius 3 is 2.75 bits per heavy atom. The van der Waals surface area contributed by atoms with Crippen molar-refractivity contribution in [3.63, 3.8) is 0 Å². The molecule has 2 N–H and O–H groups in total. The molecule has 0 spiro atoms. The van der Waals surface area contributed by atoms with E-state index in [1.807, 2.05) is 11.9 Å². The fourth-order valence-electron chi connectivity index (χ4n) is 1.45. The van der Waals surface area contributed by atoms with Crippen molar-refractivity contribution in [2.75, 3.05) is 0 Å². The molecule has 0 saturated carbocycles. The molecular formula is C10H14N2O4. The maximum absolute atomic E-state index is 11.4. The lowest BCUT2D eigenvalue weighted by Gasteiger charge is -2.13. The molecule has 6 nitrogen and oxygen atoms in total. The van der Waals surface area contributed by atoms with E-state index < -0.39 is 23.3 Å². The molecule has 1 rings (SSSR count). The van der Waals surface area contributed by atoms with Crippen molar-refractivity contribution in [3.8, 4) is 0 Å². The van der Waals surface area contributed by atoms with Crippen LogP contribution in [0.25, 0.3) is 0 Å². The molecule has 0 aliphatic rings. The topological polar surface area (TPSA) is 92.2 Å². The van der Waals surface area contributed by atoms with Crippen LogP contribution in [-0.4, -0.2) is 20.6 Å². The van der Waals surface area contributed by atoms with Crippen LogP contribution in [0, 0.1) is 0 Å². The Morgan fingerprint density at radius 1 is 1.56 bits per heavy atom. The Labute approximate surface area is 91.5 Å². The highest BCUT2D eigenvalue weighted by Gasteiger charge is 2.19. The van der Waals surface area contributed by atoms with Crippen molar-refractivity contribution >= 4 is 5.97 Å². The van der Waals surface area contributed by atoms with E-state index in [0.717, 1.165) is 17.1 Å². The van der Waals surface area contributed by atoms with E-state index >= 15 is 0 Å². The Balaban J connectivity index is 3.06. The standard InChI is InChI=1S/C10H14N2O4/c1-2-3-4-7(9(14)15)12-6-5-8(13)11-10(12)16/h5-7H,2-4H2,1H3,(H,14,15)(H,11,13,16). The van der Waals surface area contributed by atoms with Crippen LogP contribution in [-0.2, 0) is 4.79 Å². The summed E-state index contributed by atoms with van der Waals surface area (Å²) >= 11 is 0. The van der Waals surface area contributed by atoms with Crippen LogP contribution in [0.5, 0.6) is 0 Å². The molecule has 88 valence electrons. The van der Waals surface area contributed by atoms with E-state index in [2.05, 4.69) is 0 Å². The number of nitrogens with one attached hydrogen (secondary N) is 1. The molecule has 0 saturated heterocycles. The van der Waals surface area contributed by atoms with Gasteiger partial charge in [-0.2, -0.15) is 0 Å². The number of carboxylic acid groups (broad SMARTS) is 1. The lowest BCUT2D eigenvalue weighted by atomic mass is 10.1. The van der Waals surface area contributed by atoms with Crippen molar-refractivity contribution in [2.24, 2.45) is 0 Å². The second kappa shape index (κ2) is 5.29. The van der Waals surface area contributed by atoms with E-state index in [4.69, 9.17) is 5.11 Å². The number of rotatable bonds is 5. The van der Waals surface area contributed by atoms with Crippen molar-refractivity contribution < 1.29 is 9.90 Å². The molecule has 1 atom stereocenters. The molecule has 0 aliphatic carbocycles. The third-order valence-electron chi connectivity index (χ3n) is 2.30. The number of hydrogen-bond acceptors (Lipinski definition) is 3. The summed E-state index contributed by atoms with van der Waals surface area (Å²) in [5, 5.41) is 9.00. The summed E-state index contributed by atoms with van der Waals surface area (Å²) in [4.78, 5) is 35.3. The smallest absolute Gasteiger partial charge is 0.329 e. The minimum absolute atomic E-state index is 0.373. The molecule has 0 aliphatic heterocycles. The van der Waals surface area contributed by atoms with Crippen molar-refractivity contribution in [2.45, 2.75) is 32.2 Å². The van der Waals surface area contributed by atoms with Gasteiger partial charge in [-0.3, -0.25) is 14.3 Å². The lowest BCUT2D eigenvalue weighted by Crippen LogP contribution is -2.34. The zero-order valence-corrected chi connectivity index (χ0v) is 8.97. The number of carboxylic acids is 1. The number of hydrogen-bond donors (Lipinski definition) is 2. The van der Waals surface area contributed by atoms with Gasteiger partial charge in [-0.15, -0.1) is 0 Å². The van der Waals surface area contributed by atoms with E-state index in [9.17, 15) is 14.4 Å². The van der Waals surface area contributed by atoms with Gasteiger partial charge in [0.25, 0.3) is 5.56 Å². The Bertz CT molecular complexity index is 474. The number of H-pyrrole nitrogens is 1. The van der Waals surface area contributed by atoms with Crippen LogP contribution in [0.4, 0.5) is 0 Å². The highest BCUT2D eigenvalue weighted by molar-refractivity contribution is 5.71. The lowest BCUT2D eigenvalue weighted by molar-refractivity contribution is -0.141. The molecule has 1 heterocycles. The third kappa shape index (κ3) is 2.82. The molecule has 0 aromatic carbocycles. The average molecular weight is 226 g/mol. The van der Waals surface area contributed by atoms with Gasteiger partial charge in [-0.05, 0) is 6.42 Å². The van der Waals surface area contributed by atoms with Gasteiger partial charge in [-0.25, -0.2) is 9.59 Å². The van der Waals surface area contributed by atoms with E-state index in [1.165, 1.54) is 6.20 Å². The summed E-state index contributed by atoms with van der Waals surface area (Å²) in [6.45, 7) is 1.94. The first-order valence-electron chi connectivity index (χ1n) is 5.10. The number of aromatic amines is 1. The van der Waals surface area contributed by atoms with Gasteiger partial charge in [0.2, 0.25) is 0 Å². The van der Waals surface area contributed by atoms with Gasteiger partial charge in [0.05, 0.1) is 0 Å². The largest absolute Gasteiger partial charge is 0.480 e. The molecule has 6 heteroatoms. The van der Waals surface area contributed by atoms with Crippen molar-refractivity contribution in [3.05, 3.63) is 33.1 Å². The number of unbranched alkanes of at least 4 members (excludes halogenated alkanes) is 1. The van der Waals surface area contributed by atoms with Crippen molar-refractivity contribution in [1.29, 1.82) is 0 Å². The first-order chi connectivity index (χ1) is 7.56. The first kappa shape index (κ1) is 12.2. The third-order valence-corrected chi connectivity index (χ3v) is 2.30. The minimum atomic E-state index is -1.07. The van der Waals surface area contributed by atoms with Crippen molar-refractivity contribution in [1.82, 2.24) is 9.55 Å². The zero-order valence-electron chi connectivity index (χ0n) is 8.97. The van der Waals surface area contributed by atoms with Crippen LogP contribution in [0.3, 0.4) is 0 Å². The summed E-state index contributed by atoms with van der Waals surface area (Å²) in [5.74, 6) is -1.07. The fourth-order valence-corrected chi connectivity index (χ4v) is 1.45. The van der Waals surface area contributed by atoms with Gasteiger partial charge < -0.3 is 5.11 Å². The van der Waals surface area contributed by atoms with Crippen LogP contribution >= 0.6 is 0 Å². The Morgan fingerprint density at radius 2 is 2.25 bits per heavy atom. The van der Waals surface area contributed by atoms with Gasteiger partial charge in [0.15, 0.2) is 0 Å². The van der Waals surface area contributed by atoms with E-state index in [0.29, 0.717) is 12.8 Å². The second-order valence-electron chi connectivity index (χ2n) is 3.51. The minimum Gasteiger partial charge on any atom is -0.480 e. The number of carbonyl (C=O) groups is 1. The van der Waals surface area contributed by atoms with Gasteiger partial charge in [-0.1, -0.05) is 19.8 Å². The highest BCUT2D eigenvalue weighted by Crippen LogP contribution is 2.12. The summed E-state index contributed by atoms with van der Waals surface area (Å²) in [5.41, 5.74) is -1.21. The molecule has 0 radical (unpaired) electrons. The van der Waals surface area contributed by atoms with Crippen LogP contribution in [0.15, 0.2) is 21.9 Å². The average Bonchev–Trinajstić information content (AvgIpc) is 2.20. The molecule has 1 aromatic rings. The molecule has 0 bridgehead atoms. The van der Waals surface area contributed by atoms with Gasteiger partial charge >= 0.3 is 11.7 Å². The van der Waals surface area contributed by atoms with E-state index in [1.54, 1.807) is 0 Å². The maximum atomic E-state index is 11.4. The Hall–Kier alpha value is -1.85. The monoisotopic (exact) mass is 226 g/mol. The summed E-state index contributed by atoms with van der Waals surface area (Å²) in [6.07, 6.45) is 3.15. The fraction of sp³-hybridized carbons (Fsp3) is 0.500. The van der Waals surface area contributed by atoms with Crippen LogP contribution in [0.2, 0.25) is 0 Å². The molecule has 0 fully saturated rings. The van der Waals surface area contributed by atoms with Crippen LogP contribution in [0.1, 0.15) is 32.2 Å². The number of nitrogens with zero attached hydrogens (tertiary/aromatic N) is 1. The predicted octanol–water partition coefficient (Wildman–Crippen LogP) is 0.353. The number of aromatic nitrogens is 2. The second-order valence-corrected chi connectivity index (χ2v) is 3.51. The molecule has 16 heavy (non-hydrogen) atoms. The summed E-state index contributed by atoms with van der Waals surface area (Å²) in [6, 6.07) is 0.229. The summed E-state index contributed by atoms with van der Waals surface area (Å²) in [7, 11) is 0. The molecule has 1 unspecified atom stereocenters. The highest BCUT2D eigenvalue weighted by atomic mass is 16.4. The summed E-state index contributed by atoms with van der Waals surface area (Å²) < 4.78 is 1.04. The zero-order chi connectivity index (χ0) is 12.1. The predicted molar refractivity (Wildman–Crippen MR) is 57.5 cm³/mol. The van der Waals surface area contributed by atoms with E-state index in [-0.39, 0.29) is 0 Å². The molecular weight excluding hydrogens is 212 g/mol. The molecule has 0 amide bonds. The van der Waals surface area contributed by atoms with Gasteiger partial charge in [0.1, 0.15) is 6.04 Å². The normalized spacial score (nSPS) is 12.3. The SMILES string of the molecule is CCCCC(C(=O)O)n1ccc(=O)[nH]c1=O. The van der Waals surface area contributed by atoms with Gasteiger partial charge in [0, 0.05) is 12.3 Å². The number of aliphatic carboxylic acids is 1. The Kier molecular flexibility index (Phi) is 4.04. The first-order valence-corrected chi connectivity index (χ1v) is 5.10.